The van der Waals surface area contributed by atoms with Crippen LogP contribution >= 0.6 is 23.1 Å². The van der Waals surface area contributed by atoms with Crippen molar-refractivity contribution in [2.45, 2.75) is 15.4 Å². The van der Waals surface area contributed by atoms with Gasteiger partial charge in [-0.1, -0.05) is 30.0 Å². The number of aromatic nitrogens is 1. The largest absolute Gasteiger partial charge is 0.419 e. The van der Waals surface area contributed by atoms with Gasteiger partial charge in [-0.05, 0) is 30.3 Å². The SMILES string of the molecule is Fc1ccc(-c2csc(Sc3ccccc3)n2)cc1C(F)(F)F. The summed E-state index contributed by atoms with van der Waals surface area (Å²) in [6.45, 7) is 0. The van der Waals surface area contributed by atoms with Crippen molar-refractivity contribution >= 4 is 23.1 Å². The molecule has 0 spiro atoms. The normalized spacial score (nSPS) is 11.7. The number of benzene rings is 2. The van der Waals surface area contributed by atoms with Gasteiger partial charge in [0.2, 0.25) is 0 Å². The molecule has 1 aromatic heterocycles. The molecule has 0 unspecified atom stereocenters. The Morgan fingerprint density at radius 2 is 1.74 bits per heavy atom. The second-order valence-electron chi connectivity index (χ2n) is 4.61. The molecule has 1 heterocycles. The van der Waals surface area contributed by atoms with Gasteiger partial charge in [0.05, 0.1) is 11.3 Å². The first-order valence-electron chi connectivity index (χ1n) is 6.49. The molecule has 0 aliphatic heterocycles. The Bertz CT molecular complexity index is 812. The van der Waals surface area contributed by atoms with E-state index in [4.69, 9.17) is 0 Å². The quantitative estimate of drug-likeness (QED) is 0.525. The molecule has 118 valence electrons. The molecule has 0 saturated heterocycles. The molecule has 7 heteroatoms. The summed E-state index contributed by atoms with van der Waals surface area (Å²) >= 11 is 2.76. The lowest BCUT2D eigenvalue weighted by Crippen LogP contribution is -2.08. The van der Waals surface area contributed by atoms with E-state index in [9.17, 15) is 17.6 Å². The molecule has 0 bridgehead atoms. The van der Waals surface area contributed by atoms with Crippen molar-refractivity contribution in [3.63, 3.8) is 0 Å². The van der Waals surface area contributed by atoms with Crippen LogP contribution in [0, 0.1) is 5.82 Å². The molecular formula is C16H9F4NS2. The minimum absolute atomic E-state index is 0.245. The van der Waals surface area contributed by atoms with Crippen molar-refractivity contribution in [3.8, 4) is 11.3 Å². The van der Waals surface area contributed by atoms with Gasteiger partial charge in [-0.15, -0.1) is 11.3 Å². The first kappa shape index (κ1) is 16.0. The van der Waals surface area contributed by atoms with Crippen LogP contribution in [0.15, 0.2) is 63.1 Å². The summed E-state index contributed by atoms with van der Waals surface area (Å²) in [5.41, 5.74) is -0.630. The van der Waals surface area contributed by atoms with Crippen molar-refractivity contribution in [2.24, 2.45) is 0 Å². The summed E-state index contributed by atoms with van der Waals surface area (Å²) in [5, 5.41) is 1.67. The van der Waals surface area contributed by atoms with E-state index in [1.807, 2.05) is 30.3 Å². The molecular weight excluding hydrogens is 346 g/mol. The average Bonchev–Trinajstić information content (AvgIpc) is 2.96. The summed E-state index contributed by atoms with van der Waals surface area (Å²) < 4.78 is 52.4. The van der Waals surface area contributed by atoms with Crippen LogP contribution in [0.2, 0.25) is 0 Å². The topological polar surface area (TPSA) is 12.9 Å². The minimum Gasteiger partial charge on any atom is -0.229 e. The zero-order chi connectivity index (χ0) is 16.4. The van der Waals surface area contributed by atoms with E-state index >= 15 is 0 Å². The summed E-state index contributed by atoms with van der Waals surface area (Å²) in [5.74, 6) is -1.28. The number of hydrogen-bond acceptors (Lipinski definition) is 3. The van der Waals surface area contributed by atoms with Gasteiger partial charge in [0.25, 0.3) is 0 Å². The van der Waals surface area contributed by atoms with Crippen LogP contribution in [0.1, 0.15) is 5.56 Å². The second kappa shape index (κ2) is 6.33. The van der Waals surface area contributed by atoms with Gasteiger partial charge >= 0.3 is 6.18 Å². The van der Waals surface area contributed by atoms with E-state index in [0.29, 0.717) is 10.0 Å². The third-order valence-electron chi connectivity index (χ3n) is 3.00. The van der Waals surface area contributed by atoms with Crippen LogP contribution in [0.25, 0.3) is 11.3 Å². The Morgan fingerprint density at radius 1 is 1.00 bits per heavy atom. The minimum atomic E-state index is -4.72. The lowest BCUT2D eigenvalue weighted by molar-refractivity contribution is -0.139. The molecule has 2 aromatic carbocycles. The van der Waals surface area contributed by atoms with Crippen LogP contribution < -0.4 is 0 Å². The fraction of sp³-hybridized carbons (Fsp3) is 0.0625. The van der Waals surface area contributed by atoms with E-state index in [0.717, 1.165) is 17.0 Å². The van der Waals surface area contributed by atoms with Gasteiger partial charge in [0.1, 0.15) is 5.82 Å². The fourth-order valence-electron chi connectivity index (χ4n) is 1.93. The number of thiazole rings is 1. The van der Waals surface area contributed by atoms with Crippen LogP contribution in [0.5, 0.6) is 0 Å². The highest BCUT2D eigenvalue weighted by Gasteiger charge is 2.34. The Balaban J connectivity index is 1.89. The molecule has 23 heavy (non-hydrogen) atoms. The Hall–Kier alpha value is -1.86. The first-order chi connectivity index (χ1) is 10.9. The molecule has 3 rings (SSSR count). The standard InChI is InChI=1S/C16H9F4NS2/c17-13-7-6-10(8-12(13)16(18,19)20)14-9-22-15(21-14)23-11-4-2-1-3-5-11/h1-9H. The zero-order valence-electron chi connectivity index (χ0n) is 11.5. The molecule has 1 nitrogen and oxygen atoms in total. The Labute approximate surface area is 138 Å². The summed E-state index contributed by atoms with van der Waals surface area (Å²) in [6.07, 6.45) is -4.72. The monoisotopic (exact) mass is 355 g/mol. The number of alkyl halides is 3. The van der Waals surface area contributed by atoms with Gasteiger partial charge in [-0.3, -0.25) is 0 Å². The molecule has 0 aliphatic rings. The first-order valence-corrected chi connectivity index (χ1v) is 8.18. The Morgan fingerprint density at radius 3 is 2.43 bits per heavy atom. The van der Waals surface area contributed by atoms with Crippen LogP contribution in [-0.4, -0.2) is 4.98 Å². The summed E-state index contributed by atoms with van der Waals surface area (Å²) in [7, 11) is 0. The highest BCUT2D eigenvalue weighted by atomic mass is 32.2. The molecule has 0 fully saturated rings. The lowest BCUT2D eigenvalue weighted by atomic mass is 10.1. The fourth-order valence-corrected chi connectivity index (χ4v) is 3.74. The third-order valence-corrected chi connectivity index (χ3v) is 4.95. The molecule has 0 saturated carbocycles. The molecule has 3 aromatic rings. The van der Waals surface area contributed by atoms with E-state index in [2.05, 4.69) is 4.98 Å². The molecule has 0 atom stereocenters. The number of halogens is 4. The maximum atomic E-state index is 13.3. The molecule has 0 aliphatic carbocycles. The van der Waals surface area contributed by atoms with Gasteiger partial charge in [-0.25, -0.2) is 9.37 Å². The average molecular weight is 355 g/mol. The zero-order valence-corrected chi connectivity index (χ0v) is 13.1. The van der Waals surface area contributed by atoms with Crippen molar-refractivity contribution < 1.29 is 17.6 Å². The van der Waals surface area contributed by atoms with Gasteiger partial charge in [0.15, 0.2) is 4.34 Å². The number of hydrogen-bond donors (Lipinski definition) is 0. The van der Waals surface area contributed by atoms with Crippen LogP contribution in [-0.2, 0) is 6.18 Å². The van der Waals surface area contributed by atoms with Gasteiger partial charge < -0.3 is 0 Å². The summed E-state index contributed by atoms with van der Waals surface area (Å²) in [6, 6.07) is 12.4. The maximum absolute atomic E-state index is 13.3. The van der Waals surface area contributed by atoms with E-state index in [1.54, 1.807) is 5.38 Å². The summed E-state index contributed by atoms with van der Waals surface area (Å²) in [4.78, 5) is 5.31. The van der Waals surface area contributed by atoms with Gasteiger partial charge in [0, 0.05) is 15.8 Å². The van der Waals surface area contributed by atoms with E-state index in [-0.39, 0.29) is 5.56 Å². The number of rotatable bonds is 3. The smallest absolute Gasteiger partial charge is 0.229 e. The third kappa shape index (κ3) is 3.73. The predicted molar refractivity (Wildman–Crippen MR) is 83.1 cm³/mol. The van der Waals surface area contributed by atoms with Gasteiger partial charge in [-0.2, -0.15) is 13.2 Å². The van der Waals surface area contributed by atoms with Crippen molar-refractivity contribution in [2.75, 3.05) is 0 Å². The predicted octanol–water partition coefficient (Wildman–Crippen LogP) is 6.12. The molecule has 0 amide bonds. The van der Waals surface area contributed by atoms with Crippen molar-refractivity contribution in [1.29, 1.82) is 0 Å². The van der Waals surface area contributed by atoms with Crippen LogP contribution in [0.3, 0.4) is 0 Å². The van der Waals surface area contributed by atoms with Crippen molar-refractivity contribution in [1.82, 2.24) is 4.98 Å². The molecule has 0 N–H and O–H groups in total. The lowest BCUT2D eigenvalue weighted by Gasteiger charge is -2.09. The second-order valence-corrected chi connectivity index (χ2v) is 6.78. The maximum Gasteiger partial charge on any atom is 0.419 e. The van der Waals surface area contributed by atoms with Crippen molar-refractivity contribution in [3.05, 3.63) is 65.3 Å². The highest BCUT2D eigenvalue weighted by Crippen LogP contribution is 2.36. The Kier molecular flexibility index (Phi) is 4.41. The van der Waals surface area contributed by atoms with Crippen LogP contribution in [0.4, 0.5) is 17.6 Å². The van der Waals surface area contributed by atoms with E-state index < -0.39 is 17.6 Å². The highest BCUT2D eigenvalue weighted by molar-refractivity contribution is 8.01. The van der Waals surface area contributed by atoms with E-state index in [1.165, 1.54) is 29.2 Å². The molecule has 0 radical (unpaired) electrons. The number of nitrogens with zero attached hydrogens (tertiary/aromatic N) is 1.